The van der Waals surface area contributed by atoms with Gasteiger partial charge in [-0.2, -0.15) is 0 Å². The highest BCUT2D eigenvalue weighted by Crippen LogP contribution is 2.44. The van der Waals surface area contributed by atoms with Crippen LogP contribution in [-0.4, -0.2) is 56.9 Å². The molecule has 0 bridgehead atoms. The van der Waals surface area contributed by atoms with E-state index in [2.05, 4.69) is 33.9 Å². The van der Waals surface area contributed by atoms with E-state index in [0.29, 0.717) is 0 Å². The molecule has 9 heteroatoms. The molecule has 0 aromatic carbocycles. The normalized spacial score (nSPS) is 30.3. The lowest BCUT2D eigenvalue weighted by molar-refractivity contribution is -0.256. The molecule has 0 saturated carbocycles. The van der Waals surface area contributed by atoms with E-state index in [9.17, 15) is 9.59 Å². The Balaban J connectivity index is 2.33. The fourth-order valence-electron chi connectivity index (χ4n) is 2.86. The van der Waals surface area contributed by atoms with Crippen LogP contribution in [0.25, 0.3) is 0 Å². The number of carbonyl (C=O) groups is 2. The highest BCUT2D eigenvalue weighted by atomic mass is 28.4. The predicted molar refractivity (Wildman–Crippen MR) is 98.1 cm³/mol. The SMILES string of the molecule is CC(=O)OC(OC(C)=O)[C@H]1O[C@@H]2OC(C)(C)O[C@@H]2[C@H]1O[Si](C)(C)C(C)(C)C. The Morgan fingerprint density at radius 3 is 2.00 bits per heavy atom. The van der Waals surface area contributed by atoms with Gasteiger partial charge in [0.05, 0.1) is 0 Å². The molecule has 0 unspecified atom stereocenters. The highest BCUT2D eigenvalue weighted by Gasteiger charge is 2.60. The lowest BCUT2D eigenvalue weighted by Gasteiger charge is -2.41. The number of carbonyl (C=O) groups excluding carboxylic acids is 2. The lowest BCUT2D eigenvalue weighted by atomic mass is 10.1. The van der Waals surface area contributed by atoms with E-state index in [4.69, 9.17) is 28.1 Å². The molecule has 156 valence electrons. The van der Waals surface area contributed by atoms with Crippen molar-refractivity contribution in [3.63, 3.8) is 0 Å². The third-order valence-electron chi connectivity index (χ3n) is 5.10. The monoisotopic (exact) mass is 404 g/mol. The van der Waals surface area contributed by atoms with Gasteiger partial charge in [0.15, 0.2) is 26.5 Å². The molecule has 2 saturated heterocycles. The molecule has 2 aliphatic heterocycles. The second-order valence-electron chi connectivity index (χ2n) is 9.00. The van der Waals surface area contributed by atoms with Crippen LogP contribution < -0.4 is 0 Å². The Hall–Kier alpha value is -1.00. The molecule has 27 heavy (non-hydrogen) atoms. The molecule has 2 rings (SSSR count). The summed E-state index contributed by atoms with van der Waals surface area (Å²) in [6.07, 6.45) is -3.92. The van der Waals surface area contributed by atoms with Crippen molar-refractivity contribution in [1.29, 1.82) is 0 Å². The van der Waals surface area contributed by atoms with E-state index < -0.39 is 56.9 Å². The maximum absolute atomic E-state index is 11.5. The predicted octanol–water partition coefficient (Wildman–Crippen LogP) is 2.71. The zero-order valence-electron chi connectivity index (χ0n) is 17.7. The topological polar surface area (TPSA) is 89.5 Å². The quantitative estimate of drug-likeness (QED) is 0.392. The zero-order valence-corrected chi connectivity index (χ0v) is 18.7. The van der Waals surface area contributed by atoms with Gasteiger partial charge in [0.25, 0.3) is 6.29 Å². The van der Waals surface area contributed by atoms with E-state index in [0.717, 1.165) is 0 Å². The summed E-state index contributed by atoms with van der Waals surface area (Å²) in [5.74, 6) is -2.00. The van der Waals surface area contributed by atoms with Gasteiger partial charge in [0, 0.05) is 13.8 Å². The van der Waals surface area contributed by atoms with Crippen LogP contribution in [-0.2, 0) is 37.7 Å². The number of fused-ring (bicyclic) bond motifs is 1. The molecule has 0 aromatic rings. The molecule has 2 heterocycles. The Morgan fingerprint density at radius 2 is 1.56 bits per heavy atom. The second kappa shape index (κ2) is 7.44. The lowest BCUT2D eigenvalue weighted by Crippen LogP contribution is -2.53. The van der Waals surface area contributed by atoms with Gasteiger partial charge in [-0.15, -0.1) is 0 Å². The van der Waals surface area contributed by atoms with E-state index in [1.807, 2.05) is 0 Å². The molecular weight excluding hydrogens is 372 g/mol. The Labute approximate surface area is 161 Å². The number of hydrogen-bond donors (Lipinski definition) is 0. The summed E-state index contributed by atoms with van der Waals surface area (Å²) in [6, 6.07) is 0. The van der Waals surface area contributed by atoms with Crippen molar-refractivity contribution in [1.82, 2.24) is 0 Å². The average Bonchev–Trinajstić information content (AvgIpc) is 2.89. The third kappa shape index (κ3) is 5.08. The minimum Gasteiger partial charge on any atom is -0.422 e. The minimum absolute atomic E-state index is 0.0665. The summed E-state index contributed by atoms with van der Waals surface area (Å²) < 4.78 is 34.7. The van der Waals surface area contributed by atoms with Gasteiger partial charge in [-0.3, -0.25) is 9.59 Å². The molecule has 0 aliphatic carbocycles. The van der Waals surface area contributed by atoms with Crippen molar-refractivity contribution in [2.24, 2.45) is 0 Å². The van der Waals surface area contributed by atoms with E-state index >= 15 is 0 Å². The van der Waals surface area contributed by atoms with Crippen LogP contribution in [0.5, 0.6) is 0 Å². The molecule has 4 atom stereocenters. The fourth-order valence-corrected chi connectivity index (χ4v) is 4.16. The van der Waals surface area contributed by atoms with Gasteiger partial charge in [-0.1, -0.05) is 20.8 Å². The minimum atomic E-state index is -2.24. The van der Waals surface area contributed by atoms with Crippen LogP contribution in [0, 0.1) is 0 Å². The molecule has 8 nitrogen and oxygen atoms in total. The smallest absolute Gasteiger partial charge is 0.305 e. The molecular formula is C18H32O8Si. The van der Waals surface area contributed by atoms with Gasteiger partial charge >= 0.3 is 11.9 Å². The van der Waals surface area contributed by atoms with Crippen LogP contribution in [0.2, 0.25) is 18.1 Å². The van der Waals surface area contributed by atoms with Crippen LogP contribution in [0.15, 0.2) is 0 Å². The standard InChI is InChI=1S/C18H32O8Si/c1-10(19)21-15(22-11(2)20)13-12(26-27(8,9)17(3,4)5)14-16(23-13)25-18(6,7)24-14/h12-16H,1-9H3/t12-,13-,14+,16+/m0/s1. The summed E-state index contributed by atoms with van der Waals surface area (Å²) in [7, 11) is -2.24. The number of hydrogen-bond acceptors (Lipinski definition) is 8. The number of esters is 2. The maximum Gasteiger partial charge on any atom is 0.305 e. The van der Waals surface area contributed by atoms with Crippen molar-refractivity contribution in [2.45, 2.75) is 103 Å². The zero-order chi connectivity index (χ0) is 20.8. The summed E-state index contributed by atoms with van der Waals surface area (Å²) in [4.78, 5) is 23.1. The van der Waals surface area contributed by atoms with Gasteiger partial charge < -0.3 is 28.1 Å². The molecule has 0 N–H and O–H groups in total. The third-order valence-corrected chi connectivity index (χ3v) is 9.57. The van der Waals surface area contributed by atoms with Crippen molar-refractivity contribution >= 4 is 20.3 Å². The fraction of sp³-hybridized carbons (Fsp3) is 0.889. The van der Waals surface area contributed by atoms with Crippen LogP contribution in [0.4, 0.5) is 0 Å². The molecule has 0 radical (unpaired) electrons. The Bertz CT molecular complexity index is 566. The van der Waals surface area contributed by atoms with Crippen molar-refractivity contribution in [2.75, 3.05) is 0 Å². The van der Waals surface area contributed by atoms with Gasteiger partial charge in [0.1, 0.15) is 12.2 Å². The van der Waals surface area contributed by atoms with Crippen LogP contribution >= 0.6 is 0 Å². The van der Waals surface area contributed by atoms with E-state index in [1.54, 1.807) is 13.8 Å². The summed E-state index contributed by atoms with van der Waals surface area (Å²) >= 11 is 0. The maximum atomic E-state index is 11.5. The Morgan fingerprint density at radius 1 is 1.04 bits per heavy atom. The van der Waals surface area contributed by atoms with E-state index in [-0.39, 0.29) is 5.04 Å². The first-order valence-corrected chi connectivity index (χ1v) is 12.1. The van der Waals surface area contributed by atoms with Gasteiger partial charge in [-0.25, -0.2) is 0 Å². The molecule has 2 aliphatic rings. The summed E-state index contributed by atoms with van der Waals surface area (Å²) in [5.41, 5.74) is 0. The van der Waals surface area contributed by atoms with Crippen molar-refractivity contribution in [3.8, 4) is 0 Å². The van der Waals surface area contributed by atoms with Crippen LogP contribution in [0.3, 0.4) is 0 Å². The first-order chi connectivity index (χ1) is 12.1. The van der Waals surface area contributed by atoms with Crippen molar-refractivity contribution in [3.05, 3.63) is 0 Å². The molecule has 0 aromatic heterocycles. The largest absolute Gasteiger partial charge is 0.422 e. The second-order valence-corrected chi connectivity index (χ2v) is 13.8. The van der Waals surface area contributed by atoms with Gasteiger partial charge in [-0.05, 0) is 32.0 Å². The molecule has 2 fully saturated rings. The number of ether oxygens (including phenoxy) is 5. The highest BCUT2D eigenvalue weighted by molar-refractivity contribution is 6.74. The average molecular weight is 405 g/mol. The summed E-state index contributed by atoms with van der Waals surface area (Å²) in [6.45, 7) is 16.6. The summed E-state index contributed by atoms with van der Waals surface area (Å²) in [5, 5.41) is -0.0665. The molecule has 0 spiro atoms. The van der Waals surface area contributed by atoms with Gasteiger partial charge in [0.2, 0.25) is 0 Å². The van der Waals surface area contributed by atoms with E-state index in [1.165, 1.54) is 13.8 Å². The Kier molecular flexibility index (Phi) is 6.14. The number of rotatable bonds is 5. The first-order valence-electron chi connectivity index (χ1n) is 9.16. The first kappa shape index (κ1) is 22.3. The molecule has 0 amide bonds. The van der Waals surface area contributed by atoms with Crippen molar-refractivity contribution < 1.29 is 37.7 Å². The van der Waals surface area contributed by atoms with Crippen LogP contribution in [0.1, 0.15) is 48.5 Å².